The molecule has 0 aliphatic rings. The summed E-state index contributed by atoms with van der Waals surface area (Å²) >= 11 is 5.77. The molecule has 6 heteroatoms. The Morgan fingerprint density at radius 1 is 1.15 bits per heavy atom. The van der Waals surface area contributed by atoms with Gasteiger partial charge in [-0.15, -0.1) is 11.6 Å². The molecule has 0 N–H and O–H groups in total. The molecule has 0 aliphatic carbocycles. The second-order valence-corrected chi connectivity index (χ2v) is 4.59. The quantitative estimate of drug-likeness (QED) is 0.500. The number of alkyl halides is 4. The van der Waals surface area contributed by atoms with E-state index in [0.29, 0.717) is 18.1 Å². The largest absolute Gasteiger partial charge is 0.493 e. The van der Waals surface area contributed by atoms with Gasteiger partial charge in [0.15, 0.2) is 0 Å². The molecule has 0 unspecified atom stereocenters. The van der Waals surface area contributed by atoms with Gasteiger partial charge in [-0.2, -0.15) is 13.2 Å². The average molecular weight is 311 g/mol. The monoisotopic (exact) mass is 310 g/mol. The van der Waals surface area contributed by atoms with E-state index in [-0.39, 0.29) is 18.9 Å². The first-order chi connectivity index (χ1) is 9.46. The van der Waals surface area contributed by atoms with Gasteiger partial charge in [-0.3, -0.25) is 0 Å². The average Bonchev–Trinajstić information content (AvgIpc) is 2.40. The number of benzene rings is 1. The molecule has 1 aromatic rings. The molecule has 0 bridgehead atoms. The van der Waals surface area contributed by atoms with Crippen molar-refractivity contribution in [3.63, 3.8) is 0 Å². The predicted octanol–water partition coefficient (Wildman–Crippen LogP) is 4.94. The van der Waals surface area contributed by atoms with Gasteiger partial charge in [0, 0.05) is 18.1 Å². The van der Waals surface area contributed by atoms with Crippen LogP contribution in [0.3, 0.4) is 0 Å². The van der Waals surface area contributed by atoms with E-state index in [4.69, 9.17) is 21.1 Å². The molecular formula is C14H18ClF3O2. The van der Waals surface area contributed by atoms with Crippen molar-refractivity contribution in [2.45, 2.75) is 38.2 Å². The summed E-state index contributed by atoms with van der Waals surface area (Å²) in [6, 6.07) is 5.20. The second kappa shape index (κ2) is 8.25. The normalized spacial score (nSPS) is 11.4. The maximum Gasteiger partial charge on any atom is 0.389 e. The highest BCUT2D eigenvalue weighted by molar-refractivity contribution is 6.17. The fraction of sp³-hybridized carbons (Fsp3) is 0.571. The van der Waals surface area contributed by atoms with Crippen molar-refractivity contribution >= 4 is 11.6 Å². The van der Waals surface area contributed by atoms with Gasteiger partial charge < -0.3 is 9.47 Å². The lowest BCUT2D eigenvalue weighted by atomic mass is 10.2. The first-order valence-electron chi connectivity index (χ1n) is 6.47. The molecule has 0 radical (unpaired) electrons. The molecule has 1 aromatic carbocycles. The van der Waals surface area contributed by atoms with Crippen molar-refractivity contribution in [3.05, 3.63) is 23.8 Å². The third-order valence-corrected chi connectivity index (χ3v) is 2.81. The van der Waals surface area contributed by atoms with Crippen LogP contribution >= 0.6 is 11.6 Å². The molecule has 0 spiro atoms. The molecule has 0 saturated heterocycles. The molecule has 0 aromatic heterocycles. The molecule has 0 fully saturated rings. The molecular weight excluding hydrogens is 293 g/mol. The number of ether oxygens (including phenoxy) is 2. The fourth-order valence-electron chi connectivity index (χ4n) is 1.54. The second-order valence-electron chi connectivity index (χ2n) is 4.32. The Morgan fingerprint density at radius 2 is 1.90 bits per heavy atom. The van der Waals surface area contributed by atoms with Crippen LogP contribution in [0.25, 0.3) is 0 Å². The standard InChI is InChI=1S/C14H18ClF3O2/c1-2-7-19-12-5-4-11(10-15)13(9-12)20-8-3-6-14(16,17)18/h4-5,9H,2-3,6-8,10H2,1H3. The minimum absolute atomic E-state index is 0.000625. The van der Waals surface area contributed by atoms with Crippen molar-refractivity contribution in [2.24, 2.45) is 0 Å². The summed E-state index contributed by atoms with van der Waals surface area (Å²) in [7, 11) is 0. The summed E-state index contributed by atoms with van der Waals surface area (Å²) < 4.78 is 46.9. The smallest absolute Gasteiger partial charge is 0.389 e. The zero-order chi connectivity index (χ0) is 15.0. The van der Waals surface area contributed by atoms with Crippen LogP contribution < -0.4 is 9.47 Å². The lowest BCUT2D eigenvalue weighted by Gasteiger charge is -2.13. The Kier molecular flexibility index (Phi) is 6.99. The third-order valence-electron chi connectivity index (χ3n) is 2.52. The van der Waals surface area contributed by atoms with Crippen LogP contribution in [0.15, 0.2) is 18.2 Å². The first-order valence-corrected chi connectivity index (χ1v) is 7.01. The Bertz CT molecular complexity index is 408. The van der Waals surface area contributed by atoms with Gasteiger partial charge in [-0.1, -0.05) is 13.0 Å². The van der Waals surface area contributed by atoms with E-state index in [1.54, 1.807) is 18.2 Å². The minimum Gasteiger partial charge on any atom is -0.493 e. The highest BCUT2D eigenvalue weighted by Gasteiger charge is 2.26. The van der Waals surface area contributed by atoms with E-state index in [0.717, 1.165) is 12.0 Å². The van der Waals surface area contributed by atoms with Crippen LogP contribution in [0.4, 0.5) is 13.2 Å². The van der Waals surface area contributed by atoms with E-state index in [1.165, 1.54) is 0 Å². The fourth-order valence-corrected chi connectivity index (χ4v) is 1.76. The molecule has 0 aliphatic heterocycles. The topological polar surface area (TPSA) is 18.5 Å². The summed E-state index contributed by atoms with van der Waals surface area (Å²) in [6.07, 6.45) is -4.20. The predicted molar refractivity (Wildman–Crippen MR) is 72.6 cm³/mol. The maximum absolute atomic E-state index is 12.0. The molecule has 0 atom stereocenters. The molecule has 114 valence electrons. The van der Waals surface area contributed by atoms with Crippen LogP contribution in [-0.2, 0) is 5.88 Å². The SMILES string of the molecule is CCCOc1ccc(CCl)c(OCCCC(F)(F)F)c1. The molecule has 2 nitrogen and oxygen atoms in total. The van der Waals surface area contributed by atoms with Crippen LogP contribution in [0.5, 0.6) is 11.5 Å². The molecule has 1 rings (SSSR count). The van der Waals surface area contributed by atoms with Crippen LogP contribution in [-0.4, -0.2) is 19.4 Å². The zero-order valence-corrected chi connectivity index (χ0v) is 12.1. The Labute approximate surface area is 121 Å². The number of halogens is 4. The van der Waals surface area contributed by atoms with E-state index in [1.807, 2.05) is 6.92 Å². The Balaban J connectivity index is 2.57. The summed E-state index contributed by atoms with van der Waals surface area (Å²) in [5.41, 5.74) is 0.738. The van der Waals surface area contributed by atoms with E-state index >= 15 is 0 Å². The first kappa shape index (κ1) is 17.0. The van der Waals surface area contributed by atoms with Gasteiger partial charge in [0.05, 0.1) is 19.1 Å². The van der Waals surface area contributed by atoms with Gasteiger partial charge in [-0.05, 0) is 18.9 Å². The van der Waals surface area contributed by atoms with E-state index in [9.17, 15) is 13.2 Å². The van der Waals surface area contributed by atoms with Crippen LogP contribution in [0.2, 0.25) is 0 Å². The Morgan fingerprint density at radius 3 is 2.50 bits per heavy atom. The lowest BCUT2D eigenvalue weighted by molar-refractivity contribution is -0.136. The van der Waals surface area contributed by atoms with Gasteiger partial charge in [0.25, 0.3) is 0 Å². The highest BCUT2D eigenvalue weighted by atomic mass is 35.5. The number of hydrogen-bond donors (Lipinski definition) is 0. The van der Waals surface area contributed by atoms with Gasteiger partial charge in [0.1, 0.15) is 11.5 Å². The highest BCUT2D eigenvalue weighted by Crippen LogP contribution is 2.27. The van der Waals surface area contributed by atoms with Crippen molar-refractivity contribution in [2.75, 3.05) is 13.2 Å². The summed E-state index contributed by atoms with van der Waals surface area (Å²) in [5.74, 6) is 1.35. The number of hydrogen-bond acceptors (Lipinski definition) is 2. The van der Waals surface area contributed by atoms with Gasteiger partial charge in [-0.25, -0.2) is 0 Å². The summed E-state index contributed by atoms with van der Waals surface area (Å²) in [4.78, 5) is 0. The number of rotatable bonds is 8. The summed E-state index contributed by atoms with van der Waals surface area (Å²) in [6.45, 7) is 2.57. The van der Waals surface area contributed by atoms with Gasteiger partial charge in [0.2, 0.25) is 0 Å². The molecule has 20 heavy (non-hydrogen) atoms. The maximum atomic E-state index is 12.0. The van der Waals surface area contributed by atoms with Crippen LogP contribution in [0, 0.1) is 0 Å². The lowest BCUT2D eigenvalue weighted by Crippen LogP contribution is -2.10. The van der Waals surface area contributed by atoms with Crippen molar-refractivity contribution < 1.29 is 22.6 Å². The molecule has 0 saturated carbocycles. The van der Waals surface area contributed by atoms with E-state index < -0.39 is 12.6 Å². The minimum atomic E-state index is -4.15. The molecule has 0 heterocycles. The van der Waals surface area contributed by atoms with Crippen molar-refractivity contribution in [1.29, 1.82) is 0 Å². The Hall–Kier alpha value is -1.10. The third kappa shape index (κ3) is 6.37. The zero-order valence-electron chi connectivity index (χ0n) is 11.3. The van der Waals surface area contributed by atoms with Gasteiger partial charge >= 0.3 is 6.18 Å². The van der Waals surface area contributed by atoms with Crippen LogP contribution in [0.1, 0.15) is 31.7 Å². The van der Waals surface area contributed by atoms with Crippen molar-refractivity contribution in [1.82, 2.24) is 0 Å². The molecule has 0 amide bonds. The summed E-state index contributed by atoms with van der Waals surface area (Å²) in [5, 5.41) is 0. The van der Waals surface area contributed by atoms with Crippen molar-refractivity contribution in [3.8, 4) is 11.5 Å². The van der Waals surface area contributed by atoms with E-state index in [2.05, 4.69) is 0 Å².